The van der Waals surface area contributed by atoms with Gasteiger partial charge in [-0.05, 0) is 86.6 Å². The molecule has 4 aliphatic heterocycles. The summed E-state index contributed by atoms with van der Waals surface area (Å²) in [4.78, 5) is 14.5. The summed E-state index contributed by atoms with van der Waals surface area (Å²) in [5, 5.41) is 16.4. The van der Waals surface area contributed by atoms with Crippen molar-refractivity contribution in [1.29, 1.82) is 0 Å². The molecule has 242 valence electrons. The third-order valence-electron chi connectivity index (χ3n) is 11.5. The van der Waals surface area contributed by atoms with Gasteiger partial charge in [-0.15, -0.1) is 6.42 Å². The molecule has 7 nitrogen and oxygen atoms in total. The second kappa shape index (κ2) is 11.0. The minimum Gasteiger partial charge on any atom is -0.508 e. The van der Waals surface area contributed by atoms with Crippen molar-refractivity contribution in [3.63, 3.8) is 0 Å². The number of fused-ring (bicyclic) bond motifs is 6. The van der Waals surface area contributed by atoms with Crippen LogP contribution in [0.4, 0.5) is 14.6 Å². The smallest absolute Gasteiger partial charge is 0.319 e. The van der Waals surface area contributed by atoms with E-state index in [0.29, 0.717) is 76.9 Å². The number of aromatic hydroxyl groups is 1. The van der Waals surface area contributed by atoms with Crippen molar-refractivity contribution in [1.82, 2.24) is 20.2 Å². The highest BCUT2D eigenvalue weighted by Crippen LogP contribution is 2.50. The second-order valence-electron chi connectivity index (χ2n) is 14.7. The summed E-state index contributed by atoms with van der Waals surface area (Å²) in [6.07, 6.45) is 12.9. The summed E-state index contributed by atoms with van der Waals surface area (Å²) in [6.45, 7) is 2.91. The number of halogens is 2. The Morgan fingerprint density at radius 2 is 1.77 bits per heavy atom. The average Bonchev–Trinajstić information content (AvgIpc) is 3.70. The number of ether oxygens (including phenoxy) is 1. The number of phenols is 1. The van der Waals surface area contributed by atoms with Crippen LogP contribution in [0.25, 0.3) is 32.8 Å². The van der Waals surface area contributed by atoms with Gasteiger partial charge in [0, 0.05) is 71.1 Å². The van der Waals surface area contributed by atoms with Gasteiger partial charge in [0.1, 0.15) is 23.3 Å². The fourth-order valence-corrected chi connectivity index (χ4v) is 8.95. The first-order chi connectivity index (χ1) is 22.9. The Morgan fingerprint density at radius 3 is 2.49 bits per heavy atom. The van der Waals surface area contributed by atoms with E-state index in [1.165, 1.54) is 0 Å². The molecule has 0 spiro atoms. The number of rotatable bonds is 7. The first kappa shape index (κ1) is 29.2. The van der Waals surface area contributed by atoms with Crippen LogP contribution >= 0.6 is 0 Å². The van der Waals surface area contributed by atoms with Crippen molar-refractivity contribution in [2.75, 3.05) is 31.1 Å². The van der Waals surface area contributed by atoms with Gasteiger partial charge in [-0.3, -0.25) is 4.90 Å². The Morgan fingerprint density at radius 1 is 1.00 bits per heavy atom. The van der Waals surface area contributed by atoms with E-state index in [4.69, 9.17) is 21.1 Å². The summed E-state index contributed by atoms with van der Waals surface area (Å²) in [7, 11) is 0. The van der Waals surface area contributed by atoms with Gasteiger partial charge in [-0.2, -0.15) is 9.97 Å². The van der Waals surface area contributed by atoms with Crippen LogP contribution in [0.1, 0.15) is 56.9 Å². The van der Waals surface area contributed by atoms with Crippen LogP contribution in [-0.4, -0.2) is 76.6 Å². The molecule has 1 saturated carbocycles. The lowest BCUT2D eigenvalue weighted by Crippen LogP contribution is -2.51. The number of alkyl halides is 1. The quantitative estimate of drug-likeness (QED) is 0.230. The van der Waals surface area contributed by atoms with Gasteiger partial charge < -0.3 is 20.1 Å². The first-order valence-corrected chi connectivity index (χ1v) is 17.1. The summed E-state index contributed by atoms with van der Waals surface area (Å²) in [5.74, 6) is 2.94. The highest BCUT2D eigenvalue weighted by atomic mass is 19.1. The molecule has 5 fully saturated rings. The predicted octanol–water partition coefficient (Wildman–Crippen LogP) is 6.34. The van der Waals surface area contributed by atoms with E-state index in [9.17, 15) is 9.50 Å². The molecule has 3 aromatic carbocycles. The fraction of sp³-hybridized carbons (Fsp3) is 0.474. The van der Waals surface area contributed by atoms with Crippen molar-refractivity contribution < 1.29 is 18.6 Å². The zero-order valence-electron chi connectivity index (χ0n) is 26.4. The first-order valence-electron chi connectivity index (χ1n) is 17.1. The molecule has 9 heteroatoms. The Kier molecular flexibility index (Phi) is 6.84. The number of hydrogen-bond acceptors (Lipinski definition) is 7. The molecule has 1 aromatic heterocycles. The van der Waals surface area contributed by atoms with E-state index in [1.54, 1.807) is 18.2 Å². The molecule has 0 amide bonds. The molecule has 9 rings (SSSR count). The lowest BCUT2D eigenvalue weighted by Gasteiger charge is -2.38. The molecule has 2 N–H and O–H groups in total. The lowest BCUT2D eigenvalue weighted by atomic mass is 9.93. The number of anilines is 1. The molecule has 47 heavy (non-hydrogen) atoms. The van der Waals surface area contributed by atoms with Crippen LogP contribution in [-0.2, 0) is 0 Å². The molecule has 0 radical (unpaired) electrons. The van der Waals surface area contributed by atoms with Crippen LogP contribution in [0.15, 0.2) is 42.5 Å². The van der Waals surface area contributed by atoms with E-state index in [0.717, 1.165) is 63.5 Å². The molecule has 5 heterocycles. The van der Waals surface area contributed by atoms with Crippen LogP contribution in [0, 0.1) is 23.6 Å². The molecular weight excluding hydrogens is 596 g/mol. The minimum absolute atomic E-state index is 0.0108. The monoisotopic (exact) mass is 635 g/mol. The Hall–Kier alpha value is -4.00. The topological polar surface area (TPSA) is 73.8 Å². The molecule has 4 aromatic rings. The number of hydrogen-bond donors (Lipinski definition) is 2. The maximum atomic E-state index is 16.9. The Balaban J connectivity index is 1.10. The second-order valence-corrected chi connectivity index (χ2v) is 14.7. The van der Waals surface area contributed by atoms with Crippen molar-refractivity contribution in [3.05, 3.63) is 53.8 Å². The predicted molar refractivity (Wildman–Crippen MR) is 179 cm³/mol. The van der Waals surface area contributed by atoms with Crippen LogP contribution < -0.4 is 15.0 Å². The Bertz CT molecular complexity index is 1910. The molecule has 4 unspecified atom stereocenters. The van der Waals surface area contributed by atoms with Crippen LogP contribution in [0.2, 0.25) is 0 Å². The largest absolute Gasteiger partial charge is 0.508 e. The van der Waals surface area contributed by atoms with E-state index in [2.05, 4.69) is 21.0 Å². The summed E-state index contributed by atoms with van der Waals surface area (Å²) in [6, 6.07) is 13.9. The number of nitrogens with zero attached hydrogens (tertiary/aromatic N) is 4. The molecule has 5 aliphatic rings. The molecule has 1 aliphatic carbocycles. The fourth-order valence-electron chi connectivity index (χ4n) is 8.95. The normalized spacial score (nSPS) is 27.8. The van der Waals surface area contributed by atoms with Gasteiger partial charge in [0.05, 0.1) is 6.61 Å². The van der Waals surface area contributed by atoms with Gasteiger partial charge in [0.15, 0.2) is 5.82 Å². The zero-order valence-corrected chi connectivity index (χ0v) is 26.4. The number of piperazine rings is 1. The SMILES string of the molecule is C#Cc1cccc2cc(O)cc(-c3ccc4c(N5CC6CCC(C5)N6)nc(OCC5(CN6C7CCC6CC(F)C7)CC5)nc4c3F)c12. The molecular formula is C38H39F2N5O2. The van der Waals surface area contributed by atoms with E-state index < -0.39 is 12.0 Å². The van der Waals surface area contributed by atoms with Gasteiger partial charge in [-0.1, -0.05) is 24.1 Å². The van der Waals surface area contributed by atoms with Crippen LogP contribution in [0.3, 0.4) is 0 Å². The maximum absolute atomic E-state index is 16.9. The van der Waals surface area contributed by atoms with Gasteiger partial charge >= 0.3 is 6.01 Å². The Labute approximate surface area is 273 Å². The van der Waals surface area contributed by atoms with E-state index in [1.807, 2.05) is 24.3 Å². The van der Waals surface area contributed by atoms with E-state index >= 15 is 4.39 Å². The highest BCUT2D eigenvalue weighted by molar-refractivity contribution is 6.04. The lowest BCUT2D eigenvalue weighted by molar-refractivity contribution is 0.0527. The van der Waals surface area contributed by atoms with Crippen LogP contribution in [0.5, 0.6) is 11.8 Å². The standard InChI is InChI=1S/C38H39F2N5O2/c1-2-22-4-3-5-23-14-29(46)17-32(33(22)23)30-10-11-31-35(34(30)40)42-37(43-36(31)44-18-25-6-7-26(19-44)41-25)47-21-38(12-13-38)20-45-27-8-9-28(45)16-24(39)15-27/h1,3-5,10-11,14,17,24-28,41,46H,6-9,12-13,15-16,18-21H2. The molecule has 4 saturated heterocycles. The number of phenolic OH excluding ortho intramolecular Hbond substituents is 1. The maximum Gasteiger partial charge on any atom is 0.319 e. The average molecular weight is 636 g/mol. The van der Waals surface area contributed by atoms with Gasteiger partial charge in [0.25, 0.3) is 0 Å². The van der Waals surface area contributed by atoms with Crippen molar-refractivity contribution in [2.45, 2.75) is 81.7 Å². The number of benzene rings is 3. The number of terminal acetylenes is 1. The van der Waals surface area contributed by atoms with E-state index in [-0.39, 0.29) is 22.7 Å². The molecule has 4 atom stereocenters. The third-order valence-corrected chi connectivity index (χ3v) is 11.5. The minimum atomic E-state index is -0.685. The van der Waals surface area contributed by atoms with Crippen molar-refractivity contribution in [2.24, 2.45) is 5.41 Å². The van der Waals surface area contributed by atoms with Gasteiger partial charge in [-0.25, -0.2) is 8.78 Å². The number of piperidine rings is 1. The third kappa shape index (κ3) is 5.08. The zero-order chi connectivity index (χ0) is 31.9. The summed E-state index contributed by atoms with van der Waals surface area (Å²) >= 11 is 0. The number of nitrogens with one attached hydrogen (secondary N) is 1. The summed E-state index contributed by atoms with van der Waals surface area (Å²) in [5.41, 5.74) is 1.63. The van der Waals surface area contributed by atoms with Crippen molar-refractivity contribution in [3.8, 4) is 35.2 Å². The highest BCUT2D eigenvalue weighted by Gasteiger charge is 2.50. The number of aromatic nitrogens is 2. The van der Waals surface area contributed by atoms with Crippen molar-refractivity contribution >= 4 is 27.5 Å². The summed E-state index contributed by atoms with van der Waals surface area (Å²) < 4.78 is 37.6. The van der Waals surface area contributed by atoms with Gasteiger partial charge in [0.2, 0.25) is 0 Å². The molecule has 4 bridgehead atoms.